The van der Waals surface area contributed by atoms with E-state index >= 15 is 0 Å². The van der Waals surface area contributed by atoms with Crippen LogP contribution in [0.5, 0.6) is 0 Å². The smallest absolute Gasteiger partial charge is 0.0804 e. The van der Waals surface area contributed by atoms with Gasteiger partial charge in [-0.1, -0.05) is 157 Å². The Morgan fingerprint density at radius 2 is 0.556 bits per heavy atom. The van der Waals surface area contributed by atoms with Crippen LogP contribution < -0.4 is 19.6 Å². The number of nitrogens with zero attached hydrogens (tertiary/aromatic N) is 6. The van der Waals surface area contributed by atoms with Crippen molar-refractivity contribution in [2.45, 2.75) is 20.0 Å². The van der Waals surface area contributed by atoms with Crippen LogP contribution in [0.2, 0.25) is 0 Å². The Kier molecular flexibility index (Phi) is 11.8. The molecule has 0 aliphatic rings. The van der Waals surface area contributed by atoms with Gasteiger partial charge in [-0.15, -0.1) is 0 Å². The molecule has 6 nitrogen and oxygen atoms in total. The van der Waals surface area contributed by atoms with Gasteiger partial charge in [-0.2, -0.15) is 0 Å². The zero-order valence-electron chi connectivity index (χ0n) is 44.9. The highest BCUT2D eigenvalue weighted by molar-refractivity contribution is 6.27. The van der Waals surface area contributed by atoms with Gasteiger partial charge in [0.15, 0.2) is 0 Å². The number of aryl methyl sites for hydroxylation is 1. The third-order valence-corrected chi connectivity index (χ3v) is 16.1. The first-order valence-corrected chi connectivity index (χ1v) is 27.9. The van der Waals surface area contributed by atoms with Crippen molar-refractivity contribution in [3.8, 4) is 0 Å². The minimum Gasteiger partial charge on any atom is -0.337 e. The number of aromatic nitrogens is 2. The molecule has 6 heteroatoms. The molecular weight excluding hydrogens is 985 g/mol. The maximum atomic E-state index is 2.57. The number of anilines is 10. The van der Waals surface area contributed by atoms with Crippen LogP contribution >= 0.6 is 0 Å². The zero-order chi connectivity index (χ0) is 53.8. The van der Waals surface area contributed by atoms with E-state index in [9.17, 15) is 0 Å². The van der Waals surface area contributed by atoms with E-state index < -0.39 is 0 Å². The van der Waals surface area contributed by atoms with Gasteiger partial charge in [0.1, 0.15) is 0 Å². The highest BCUT2D eigenvalue weighted by atomic mass is 15.2. The van der Waals surface area contributed by atoms with Gasteiger partial charge < -0.3 is 28.4 Å². The summed E-state index contributed by atoms with van der Waals surface area (Å²) in [5.74, 6) is 0. The Bertz CT molecular complexity index is 4560. The number of fused-ring (bicyclic) bond motifs is 8. The Balaban J connectivity index is 1.05. The Hall–Kier alpha value is -10.6. The quantitative estimate of drug-likeness (QED) is 0.101. The van der Waals surface area contributed by atoms with Crippen molar-refractivity contribution in [1.29, 1.82) is 0 Å². The van der Waals surface area contributed by atoms with Gasteiger partial charge in [0.05, 0.1) is 44.5 Å². The van der Waals surface area contributed by atoms with Gasteiger partial charge in [0, 0.05) is 80.1 Å². The van der Waals surface area contributed by atoms with Crippen molar-refractivity contribution in [3.05, 3.63) is 314 Å². The Morgan fingerprint density at radius 3 is 0.877 bits per heavy atom. The second-order valence-corrected chi connectivity index (χ2v) is 21.1. The van der Waals surface area contributed by atoms with E-state index in [1.54, 1.807) is 0 Å². The number of hydrogen-bond donors (Lipinski definition) is 0. The molecule has 15 aromatic rings. The first-order chi connectivity index (χ1) is 40.1. The molecule has 15 rings (SSSR count). The Morgan fingerprint density at radius 1 is 0.272 bits per heavy atom. The van der Waals surface area contributed by atoms with Gasteiger partial charge in [0.2, 0.25) is 0 Å². The molecule has 386 valence electrons. The standard InChI is InChI=1S/C75H56N6/c1-53-37-41-63(42-38-53)79(62-35-21-8-22-36-62)69-46-48-71-75-73(69)65-50-55(52-77(58-27-13-4-14-28-58)59-29-15-5-16-30-59)40-44-67(65)81(75)70-47-45-68(78(60-31-17-6-18-32-60)61-33-19-7-20-34-61)72-64-49-54(39-43-66(64)80(71)74(70)72)51-76(56-23-9-2-10-24-56)57-25-11-3-12-26-57/h2-50H,51-52H2,1H3. The first kappa shape index (κ1) is 47.6. The summed E-state index contributed by atoms with van der Waals surface area (Å²) >= 11 is 0. The second kappa shape index (κ2) is 20.0. The first-order valence-electron chi connectivity index (χ1n) is 27.9. The minimum absolute atomic E-state index is 0.679. The molecule has 0 aliphatic heterocycles. The van der Waals surface area contributed by atoms with Crippen LogP contribution in [0.4, 0.5) is 56.9 Å². The molecule has 0 N–H and O–H groups in total. The number of hydrogen-bond acceptors (Lipinski definition) is 4. The molecule has 81 heavy (non-hydrogen) atoms. The summed E-state index contributed by atoms with van der Waals surface area (Å²) in [6.45, 7) is 3.52. The van der Waals surface area contributed by atoms with Gasteiger partial charge in [0.25, 0.3) is 0 Å². The number of para-hydroxylation sites is 7. The molecule has 0 fully saturated rings. The summed E-state index contributed by atoms with van der Waals surface area (Å²) in [5, 5.41) is 4.77. The van der Waals surface area contributed by atoms with Crippen molar-refractivity contribution >= 4 is 112 Å². The van der Waals surface area contributed by atoms with Gasteiger partial charge in [-0.3, -0.25) is 0 Å². The second-order valence-electron chi connectivity index (χ2n) is 21.1. The largest absolute Gasteiger partial charge is 0.337 e. The molecule has 0 atom stereocenters. The molecule has 0 aliphatic carbocycles. The normalized spacial score (nSPS) is 11.6. The highest BCUT2D eigenvalue weighted by Crippen LogP contribution is 2.51. The molecule has 0 saturated carbocycles. The van der Waals surface area contributed by atoms with Crippen LogP contribution in [0.15, 0.2) is 297 Å². The summed E-state index contributed by atoms with van der Waals surface area (Å²) in [7, 11) is 0. The zero-order valence-corrected chi connectivity index (χ0v) is 44.9. The number of rotatable bonds is 14. The summed E-state index contributed by atoms with van der Waals surface area (Å²) < 4.78 is 5.15. The SMILES string of the molecule is Cc1ccc(N(c2ccccc2)c2ccc3c4c2c2cc(CN(c5ccccc5)c5ccccc5)ccc2n4c2ccc(N(c4ccccc4)c4ccccc4)c4c5cc(CN(c6ccccc6)c6ccccc6)ccc5n3c42)cc1. The van der Waals surface area contributed by atoms with Gasteiger partial charge in [-0.25, -0.2) is 0 Å². The van der Waals surface area contributed by atoms with E-state index in [-0.39, 0.29) is 0 Å². The molecule has 0 radical (unpaired) electrons. The van der Waals surface area contributed by atoms with Crippen LogP contribution in [0.1, 0.15) is 16.7 Å². The molecule has 0 bridgehead atoms. The molecule has 0 saturated heterocycles. The van der Waals surface area contributed by atoms with Gasteiger partial charge in [-0.05, 0) is 164 Å². The van der Waals surface area contributed by atoms with E-state index in [2.05, 4.69) is 333 Å². The van der Waals surface area contributed by atoms with Crippen LogP contribution in [-0.2, 0) is 13.1 Å². The topological polar surface area (TPSA) is 21.8 Å². The van der Waals surface area contributed by atoms with E-state index in [4.69, 9.17) is 0 Å². The molecule has 3 aromatic heterocycles. The predicted molar refractivity (Wildman–Crippen MR) is 341 cm³/mol. The third-order valence-electron chi connectivity index (χ3n) is 16.1. The maximum absolute atomic E-state index is 2.57. The monoisotopic (exact) mass is 1040 g/mol. The van der Waals surface area contributed by atoms with Crippen molar-refractivity contribution < 1.29 is 0 Å². The summed E-state index contributed by atoms with van der Waals surface area (Å²) in [5.41, 5.74) is 21.7. The lowest BCUT2D eigenvalue weighted by Crippen LogP contribution is -2.16. The van der Waals surface area contributed by atoms with Crippen LogP contribution in [0, 0.1) is 6.92 Å². The predicted octanol–water partition coefficient (Wildman–Crippen LogP) is 20.2. The van der Waals surface area contributed by atoms with E-state index in [0.717, 1.165) is 78.9 Å². The molecule has 0 amide bonds. The number of benzene rings is 12. The summed E-state index contributed by atoms with van der Waals surface area (Å²) in [6.07, 6.45) is 0. The maximum Gasteiger partial charge on any atom is 0.0804 e. The fourth-order valence-electron chi connectivity index (χ4n) is 12.5. The van der Waals surface area contributed by atoms with Gasteiger partial charge >= 0.3 is 0 Å². The van der Waals surface area contributed by atoms with E-state index in [1.165, 1.54) is 49.3 Å². The van der Waals surface area contributed by atoms with Crippen LogP contribution in [0.3, 0.4) is 0 Å². The average molecular weight is 1040 g/mol. The molecule has 12 aromatic carbocycles. The molecular formula is C75H56N6. The molecule has 0 unspecified atom stereocenters. The lowest BCUT2D eigenvalue weighted by molar-refractivity contribution is 0.977. The summed E-state index contributed by atoms with van der Waals surface area (Å²) in [6, 6.07) is 108. The third kappa shape index (κ3) is 8.27. The fraction of sp³-hybridized carbons (Fsp3) is 0.0400. The van der Waals surface area contributed by atoms with Crippen LogP contribution in [0.25, 0.3) is 54.6 Å². The fourth-order valence-corrected chi connectivity index (χ4v) is 12.5. The molecule has 3 heterocycles. The lowest BCUT2D eigenvalue weighted by atomic mass is 10.0. The minimum atomic E-state index is 0.679. The highest BCUT2D eigenvalue weighted by Gasteiger charge is 2.29. The molecule has 0 spiro atoms. The van der Waals surface area contributed by atoms with Crippen LogP contribution in [-0.4, -0.2) is 8.80 Å². The average Bonchev–Trinajstić information content (AvgIpc) is 2.51. The van der Waals surface area contributed by atoms with Crippen molar-refractivity contribution in [3.63, 3.8) is 0 Å². The van der Waals surface area contributed by atoms with E-state index in [0.29, 0.717) is 13.1 Å². The Labute approximate surface area is 471 Å². The van der Waals surface area contributed by atoms with E-state index in [1.807, 2.05) is 0 Å². The summed E-state index contributed by atoms with van der Waals surface area (Å²) in [4.78, 5) is 9.73. The lowest BCUT2D eigenvalue weighted by Gasteiger charge is -2.27. The van der Waals surface area contributed by atoms with Crippen molar-refractivity contribution in [2.24, 2.45) is 0 Å². The van der Waals surface area contributed by atoms with Crippen molar-refractivity contribution in [1.82, 2.24) is 8.80 Å². The van der Waals surface area contributed by atoms with Crippen molar-refractivity contribution in [2.75, 3.05) is 19.6 Å².